The summed E-state index contributed by atoms with van der Waals surface area (Å²) in [6, 6.07) is 14.4. The van der Waals surface area contributed by atoms with Crippen molar-refractivity contribution in [1.82, 2.24) is 0 Å². The van der Waals surface area contributed by atoms with Gasteiger partial charge in [0, 0.05) is 30.2 Å². The first-order valence-corrected chi connectivity index (χ1v) is 11.6. The van der Waals surface area contributed by atoms with E-state index in [0.29, 0.717) is 43.1 Å². The summed E-state index contributed by atoms with van der Waals surface area (Å²) in [6.07, 6.45) is -4.22. The van der Waals surface area contributed by atoms with Crippen LogP contribution in [-0.2, 0) is 20.7 Å². The van der Waals surface area contributed by atoms with E-state index in [-0.39, 0.29) is 13.2 Å². The molecule has 1 amide bonds. The van der Waals surface area contributed by atoms with Crippen molar-refractivity contribution in [3.8, 4) is 6.07 Å². The lowest BCUT2D eigenvalue weighted by atomic mass is 10.0. The van der Waals surface area contributed by atoms with Crippen molar-refractivity contribution in [2.24, 2.45) is 0 Å². The molecule has 2 aliphatic rings. The quantitative estimate of drug-likeness (QED) is 0.471. The highest BCUT2D eigenvalue weighted by Crippen LogP contribution is 2.29. The van der Waals surface area contributed by atoms with Crippen LogP contribution in [0.25, 0.3) is 0 Å². The second-order valence-corrected chi connectivity index (χ2v) is 8.48. The number of anilines is 3. The molecule has 0 spiro atoms. The van der Waals surface area contributed by atoms with Gasteiger partial charge in [-0.3, -0.25) is 4.79 Å². The number of hydrogen-bond acceptors (Lipinski definition) is 9. The Morgan fingerprint density at radius 2 is 1.91 bits per heavy atom. The number of rotatable bonds is 6. The third kappa shape index (κ3) is 5.40. The Balaban J connectivity index is 1.47. The summed E-state index contributed by atoms with van der Waals surface area (Å²) in [5.74, 6) is -0.715. The normalized spacial score (nSPS) is 23.5. The number of carbonyl (C=O) groups excluding carboxylic acids is 1. The van der Waals surface area contributed by atoms with E-state index in [1.807, 2.05) is 36.1 Å². The predicted octanol–water partition coefficient (Wildman–Crippen LogP) is 0.799. The molecule has 2 aliphatic heterocycles. The highest BCUT2D eigenvalue weighted by molar-refractivity contribution is 5.94. The van der Waals surface area contributed by atoms with Gasteiger partial charge in [0.05, 0.1) is 31.5 Å². The van der Waals surface area contributed by atoms with Gasteiger partial charge in [-0.1, -0.05) is 13.0 Å². The van der Waals surface area contributed by atoms with Gasteiger partial charge in [-0.2, -0.15) is 5.26 Å². The molecule has 10 nitrogen and oxygen atoms in total. The lowest BCUT2D eigenvalue weighted by Crippen LogP contribution is -2.58. The molecule has 186 valence electrons. The number of nitriles is 1. The first-order chi connectivity index (χ1) is 16.9. The molecule has 0 aromatic heterocycles. The average Bonchev–Trinajstić information content (AvgIpc) is 2.88. The van der Waals surface area contributed by atoms with Gasteiger partial charge < -0.3 is 39.9 Å². The van der Waals surface area contributed by atoms with E-state index in [9.17, 15) is 25.4 Å². The van der Waals surface area contributed by atoms with Crippen LogP contribution in [-0.4, -0.2) is 78.8 Å². The van der Waals surface area contributed by atoms with E-state index >= 15 is 0 Å². The Morgan fingerprint density at radius 1 is 1.17 bits per heavy atom. The molecule has 2 fully saturated rings. The zero-order valence-corrected chi connectivity index (χ0v) is 19.5. The third-order valence-corrected chi connectivity index (χ3v) is 6.31. The van der Waals surface area contributed by atoms with Gasteiger partial charge in [0.25, 0.3) is 5.91 Å². The van der Waals surface area contributed by atoms with Crippen LogP contribution in [0.1, 0.15) is 18.1 Å². The van der Waals surface area contributed by atoms with Gasteiger partial charge in [0.1, 0.15) is 6.10 Å². The molecule has 0 saturated carbocycles. The van der Waals surface area contributed by atoms with Gasteiger partial charge in [-0.25, -0.2) is 0 Å². The smallest absolute Gasteiger partial charge is 0.256 e. The monoisotopic (exact) mass is 482 g/mol. The summed E-state index contributed by atoms with van der Waals surface area (Å²) in [5, 5.41) is 43.8. The molecule has 4 rings (SSSR count). The minimum absolute atomic E-state index is 0.202. The number of nitrogens with one attached hydrogen (secondary N) is 1. The number of ether oxygens (including phenoxy) is 2. The maximum Gasteiger partial charge on any atom is 0.256 e. The molecule has 2 aromatic carbocycles. The van der Waals surface area contributed by atoms with Gasteiger partial charge >= 0.3 is 0 Å². The molecule has 4 atom stereocenters. The Bertz CT molecular complexity index is 1090. The Kier molecular flexibility index (Phi) is 7.85. The van der Waals surface area contributed by atoms with Crippen molar-refractivity contribution in [1.29, 1.82) is 5.26 Å². The molecule has 0 aliphatic carbocycles. The molecule has 4 unspecified atom stereocenters. The Labute approximate surface area is 203 Å². The number of nitrogens with zero attached hydrogens (tertiary/aromatic N) is 3. The van der Waals surface area contributed by atoms with Crippen molar-refractivity contribution >= 4 is 23.0 Å². The standard InChI is InChI=1S/C25H30N4O6/c1-2-16-12-18(7-6-17(16)14-26)27-24(32)22(31)23-25(33)29(9-11-35-23)20-5-3-4-19(13-20)28-8-10-34-15-21(28)30/h3-7,12-13,21-23,25,30-31,33H,2,8-11,15H2,1H3,(H,27,32). The van der Waals surface area contributed by atoms with Crippen molar-refractivity contribution < 1.29 is 29.6 Å². The molecule has 4 N–H and O–H groups in total. The number of aliphatic hydroxyl groups is 3. The fourth-order valence-electron chi connectivity index (χ4n) is 4.40. The summed E-state index contributed by atoms with van der Waals surface area (Å²) in [7, 11) is 0. The first kappa shape index (κ1) is 24.9. The lowest BCUT2D eigenvalue weighted by molar-refractivity contribution is -0.148. The van der Waals surface area contributed by atoms with Crippen molar-refractivity contribution in [2.45, 2.75) is 38.0 Å². The molecule has 2 aromatic rings. The first-order valence-electron chi connectivity index (χ1n) is 11.6. The number of benzene rings is 2. The summed E-state index contributed by atoms with van der Waals surface area (Å²) in [6.45, 7) is 3.72. The Hall–Kier alpha value is -3.20. The van der Waals surface area contributed by atoms with E-state index in [2.05, 4.69) is 11.4 Å². The number of carbonyl (C=O) groups is 1. The third-order valence-electron chi connectivity index (χ3n) is 6.31. The summed E-state index contributed by atoms with van der Waals surface area (Å²) < 4.78 is 10.9. The zero-order valence-electron chi connectivity index (χ0n) is 19.5. The summed E-state index contributed by atoms with van der Waals surface area (Å²) in [4.78, 5) is 16.3. The number of hydrogen-bond donors (Lipinski definition) is 4. The largest absolute Gasteiger partial charge is 0.380 e. The number of amides is 1. The van der Waals surface area contributed by atoms with E-state index in [4.69, 9.17) is 9.47 Å². The minimum Gasteiger partial charge on any atom is -0.380 e. The fraction of sp³-hybridized carbons (Fsp3) is 0.440. The highest BCUT2D eigenvalue weighted by Gasteiger charge is 2.39. The fourth-order valence-corrected chi connectivity index (χ4v) is 4.40. The minimum atomic E-state index is -1.63. The van der Waals surface area contributed by atoms with Crippen molar-refractivity contribution in [3.63, 3.8) is 0 Å². The Morgan fingerprint density at radius 3 is 2.63 bits per heavy atom. The van der Waals surface area contributed by atoms with Crippen LogP contribution in [0.2, 0.25) is 0 Å². The SMILES string of the molecule is CCc1cc(NC(=O)C(O)C2OCCN(c3cccc(N4CCOCC4O)c3)C2O)ccc1C#N. The van der Waals surface area contributed by atoms with Gasteiger partial charge in [-0.15, -0.1) is 0 Å². The van der Waals surface area contributed by atoms with E-state index < -0.39 is 30.6 Å². The van der Waals surface area contributed by atoms with Crippen molar-refractivity contribution in [2.75, 3.05) is 48.0 Å². The van der Waals surface area contributed by atoms with Crippen LogP contribution < -0.4 is 15.1 Å². The topological polar surface area (TPSA) is 139 Å². The van der Waals surface area contributed by atoms with Gasteiger partial charge in [-0.05, 0) is 48.4 Å². The molecule has 35 heavy (non-hydrogen) atoms. The number of morpholine rings is 2. The predicted molar refractivity (Wildman–Crippen MR) is 129 cm³/mol. The average molecular weight is 483 g/mol. The molecular weight excluding hydrogens is 452 g/mol. The molecule has 0 radical (unpaired) electrons. The van der Waals surface area contributed by atoms with Gasteiger partial charge in [0.2, 0.25) is 0 Å². The van der Waals surface area contributed by atoms with E-state index in [0.717, 1.165) is 11.3 Å². The number of aryl methyl sites for hydroxylation is 1. The van der Waals surface area contributed by atoms with Crippen LogP contribution in [0.5, 0.6) is 0 Å². The second kappa shape index (κ2) is 11.0. The molecule has 10 heteroatoms. The molecular formula is C25H30N4O6. The number of aliphatic hydroxyl groups excluding tert-OH is 3. The van der Waals surface area contributed by atoms with Crippen LogP contribution in [0.3, 0.4) is 0 Å². The lowest BCUT2D eigenvalue weighted by Gasteiger charge is -2.41. The molecule has 2 heterocycles. The summed E-state index contributed by atoms with van der Waals surface area (Å²) in [5.41, 5.74) is 3.21. The van der Waals surface area contributed by atoms with E-state index in [1.165, 1.54) is 0 Å². The summed E-state index contributed by atoms with van der Waals surface area (Å²) >= 11 is 0. The highest BCUT2D eigenvalue weighted by atomic mass is 16.5. The van der Waals surface area contributed by atoms with Crippen molar-refractivity contribution in [3.05, 3.63) is 53.6 Å². The van der Waals surface area contributed by atoms with E-state index in [1.54, 1.807) is 23.1 Å². The zero-order chi connectivity index (χ0) is 24.9. The maximum absolute atomic E-state index is 12.8. The maximum atomic E-state index is 12.8. The van der Waals surface area contributed by atoms with Crippen LogP contribution >= 0.6 is 0 Å². The second-order valence-electron chi connectivity index (χ2n) is 8.48. The molecule has 0 bridgehead atoms. The van der Waals surface area contributed by atoms with Gasteiger partial charge in [0.15, 0.2) is 18.6 Å². The molecule has 2 saturated heterocycles. The van der Waals surface area contributed by atoms with Crippen LogP contribution in [0.4, 0.5) is 17.1 Å². The van der Waals surface area contributed by atoms with Crippen LogP contribution in [0, 0.1) is 11.3 Å². The van der Waals surface area contributed by atoms with Crippen LogP contribution in [0.15, 0.2) is 42.5 Å².